The van der Waals surface area contributed by atoms with E-state index in [0.29, 0.717) is 41.9 Å². The predicted octanol–water partition coefficient (Wildman–Crippen LogP) is 3.31. The average Bonchev–Trinajstić information content (AvgIpc) is 3.20. The van der Waals surface area contributed by atoms with E-state index in [1.165, 1.54) is 14.2 Å². The van der Waals surface area contributed by atoms with Gasteiger partial charge in [-0.2, -0.15) is 0 Å². The van der Waals surface area contributed by atoms with Gasteiger partial charge in [0.1, 0.15) is 17.6 Å². The Morgan fingerprint density at radius 1 is 1.10 bits per heavy atom. The summed E-state index contributed by atoms with van der Waals surface area (Å²) < 4.78 is 16.5. The maximum absolute atomic E-state index is 13.2. The molecule has 2 aliphatic rings. The van der Waals surface area contributed by atoms with Gasteiger partial charge in [0.25, 0.3) is 0 Å². The molecule has 0 unspecified atom stereocenters. The third kappa shape index (κ3) is 4.34. The van der Waals surface area contributed by atoms with Gasteiger partial charge in [0.05, 0.1) is 44.0 Å². The quantitative estimate of drug-likeness (QED) is 0.707. The van der Waals surface area contributed by atoms with Gasteiger partial charge in [-0.15, -0.1) is 0 Å². The van der Waals surface area contributed by atoms with Crippen molar-refractivity contribution in [2.45, 2.75) is 12.5 Å². The van der Waals surface area contributed by atoms with Crippen LogP contribution in [0.3, 0.4) is 0 Å². The molecule has 164 valence electrons. The van der Waals surface area contributed by atoms with Crippen molar-refractivity contribution in [1.82, 2.24) is 4.90 Å². The summed E-state index contributed by atoms with van der Waals surface area (Å²) in [6, 6.07) is 13.2. The molecule has 2 saturated heterocycles. The second-order valence-electron chi connectivity index (χ2n) is 7.62. The lowest BCUT2D eigenvalue weighted by atomic mass is 10.0. The molecule has 0 saturated carbocycles. The average molecular weight is 445 g/mol. The minimum absolute atomic E-state index is 0.0290. The summed E-state index contributed by atoms with van der Waals surface area (Å²) >= 11 is 6.27. The fourth-order valence-electron chi connectivity index (χ4n) is 4.14. The van der Waals surface area contributed by atoms with Gasteiger partial charge in [-0.05, 0) is 11.6 Å². The molecule has 2 amide bonds. The molecule has 0 radical (unpaired) electrons. The van der Waals surface area contributed by atoms with Gasteiger partial charge < -0.3 is 24.0 Å². The van der Waals surface area contributed by atoms with Crippen molar-refractivity contribution in [2.75, 3.05) is 45.4 Å². The molecule has 8 heteroatoms. The van der Waals surface area contributed by atoms with Crippen molar-refractivity contribution in [1.29, 1.82) is 0 Å². The van der Waals surface area contributed by atoms with E-state index in [-0.39, 0.29) is 30.9 Å². The highest BCUT2D eigenvalue weighted by molar-refractivity contribution is 6.32. The summed E-state index contributed by atoms with van der Waals surface area (Å²) in [4.78, 5) is 29.4. The van der Waals surface area contributed by atoms with Crippen molar-refractivity contribution in [3.05, 3.63) is 53.1 Å². The highest BCUT2D eigenvalue weighted by Crippen LogP contribution is 2.40. The second-order valence-corrected chi connectivity index (χ2v) is 8.03. The smallest absolute Gasteiger partial charge is 0.228 e. The Morgan fingerprint density at radius 2 is 1.84 bits per heavy atom. The number of carbonyl (C=O) groups excluding carboxylic acids is 2. The van der Waals surface area contributed by atoms with E-state index in [4.69, 9.17) is 25.8 Å². The number of benzene rings is 2. The highest BCUT2D eigenvalue weighted by atomic mass is 35.5. The zero-order valence-corrected chi connectivity index (χ0v) is 18.3. The molecule has 2 aromatic carbocycles. The minimum atomic E-state index is -0.424. The molecule has 0 spiro atoms. The zero-order valence-electron chi connectivity index (χ0n) is 17.5. The van der Waals surface area contributed by atoms with Gasteiger partial charge in [0.15, 0.2) is 0 Å². The van der Waals surface area contributed by atoms with Gasteiger partial charge in [-0.3, -0.25) is 9.59 Å². The van der Waals surface area contributed by atoms with E-state index < -0.39 is 5.92 Å². The normalized spacial score (nSPS) is 21.3. The summed E-state index contributed by atoms with van der Waals surface area (Å²) in [6.45, 7) is 1.75. The lowest BCUT2D eigenvalue weighted by Crippen LogP contribution is -2.45. The number of nitrogens with zero attached hydrogens (tertiary/aromatic N) is 2. The Morgan fingerprint density at radius 3 is 2.55 bits per heavy atom. The molecule has 2 aromatic rings. The molecular formula is C23H25ClN2O5. The Balaban J connectivity index is 1.49. The second kappa shape index (κ2) is 9.16. The van der Waals surface area contributed by atoms with Crippen LogP contribution in [0.5, 0.6) is 11.5 Å². The molecule has 0 N–H and O–H groups in total. The lowest BCUT2D eigenvalue weighted by molar-refractivity contribution is -0.143. The van der Waals surface area contributed by atoms with Crippen LogP contribution in [0.2, 0.25) is 5.02 Å². The number of hydrogen-bond donors (Lipinski definition) is 0. The van der Waals surface area contributed by atoms with Gasteiger partial charge in [0.2, 0.25) is 11.8 Å². The first kappa shape index (κ1) is 21.5. The number of ether oxygens (including phenoxy) is 3. The highest BCUT2D eigenvalue weighted by Gasteiger charge is 2.39. The summed E-state index contributed by atoms with van der Waals surface area (Å²) in [5, 5.41) is 0.375. The summed E-state index contributed by atoms with van der Waals surface area (Å²) in [5.41, 5.74) is 1.58. The lowest BCUT2D eigenvalue weighted by Gasteiger charge is -2.34. The van der Waals surface area contributed by atoms with Crippen LogP contribution in [0.25, 0.3) is 0 Å². The summed E-state index contributed by atoms with van der Waals surface area (Å²) in [7, 11) is 3.04. The van der Waals surface area contributed by atoms with E-state index in [0.717, 1.165) is 5.56 Å². The number of rotatable bonds is 5. The van der Waals surface area contributed by atoms with E-state index in [9.17, 15) is 9.59 Å². The molecule has 31 heavy (non-hydrogen) atoms. The summed E-state index contributed by atoms with van der Waals surface area (Å²) in [6.07, 6.45) is -0.00785. The van der Waals surface area contributed by atoms with Crippen molar-refractivity contribution in [2.24, 2.45) is 5.92 Å². The molecule has 2 atom stereocenters. The number of anilines is 1. The van der Waals surface area contributed by atoms with Gasteiger partial charge in [0, 0.05) is 25.6 Å². The maximum Gasteiger partial charge on any atom is 0.228 e. The molecular weight excluding hydrogens is 420 g/mol. The molecule has 2 fully saturated rings. The maximum atomic E-state index is 13.2. The van der Waals surface area contributed by atoms with Crippen molar-refractivity contribution in [3.8, 4) is 11.5 Å². The van der Waals surface area contributed by atoms with Gasteiger partial charge in [-0.25, -0.2) is 0 Å². The number of morpholine rings is 1. The molecule has 2 aliphatic heterocycles. The van der Waals surface area contributed by atoms with Gasteiger partial charge in [-0.1, -0.05) is 41.9 Å². The minimum Gasteiger partial charge on any atom is -0.495 e. The molecule has 0 aliphatic carbocycles. The first-order valence-electron chi connectivity index (χ1n) is 10.2. The standard InChI is InChI=1S/C23H25ClN2O5/c1-29-19-12-20(30-2)18(11-17(19)24)26-13-16(10-22(26)27)23(28)25-8-9-31-21(14-25)15-6-4-3-5-7-15/h3-7,11-12,16,21H,8-10,13-14H2,1-2H3/t16-,21-/m1/s1. The Labute approximate surface area is 186 Å². The fourth-order valence-corrected chi connectivity index (χ4v) is 4.37. The molecule has 0 bridgehead atoms. The van der Waals surface area contributed by atoms with E-state index >= 15 is 0 Å². The Hall–Kier alpha value is -2.77. The van der Waals surface area contributed by atoms with Crippen molar-refractivity contribution in [3.63, 3.8) is 0 Å². The van der Waals surface area contributed by atoms with Crippen molar-refractivity contribution < 1.29 is 23.8 Å². The Bertz CT molecular complexity index is 968. The first-order valence-corrected chi connectivity index (χ1v) is 10.6. The van der Waals surface area contributed by atoms with E-state index in [1.54, 1.807) is 21.9 Å². The third-order valence-electron chi connectivity index (χ3n) is 5.77. The molecule has 4 rings (SSSR count). The SMILES string of the molecule is COc1cc(OC)c(N2C[C@H](C(=O)N3CCO[C@@H](c4ccccc4)C3)CC2=O)cc1Cl. The summed E-state index contributed by atoms with van der Waals surface area (Å²) in [5.74, 6) is 0.344. The molecule has 7 nitrogen and oxygen atoms in total. The molecule has 2 heterocycles. The Kier molecular flexibility index (Phi) is 6.34. The topological polar surface area (TPSA) is 68.3 Å². The number of carbonyl (C=O) groups is 2. The van der Waals surface area contributed by atoms with Crippen LogP contribution in [0.1, 0.15) is 18.1 Å². The van der Waals surface area contributed by atoms with Crippen LogP contribution < -0.4 is 14.4 Å². The van der Waals surface area contributed by atoms with Gasteiger partial charge >= 0.3 is 0 Å². The van der Waals surface area contributed by atoms with Crippen molar-refractivity contribution >= 4 is 29.1 Å². The van der Waals surface area contributed by atoms with E-state index in [2.05, 4.69) is 0 Å². The number of hydrogen-bond acceptors (Lipinski definition) is 5. The largest absolute Gasteiger partial charge is 0.495 e. The monoisotopic (exact) mass is 444 g/mol. The molecule has 0 aromatic heterocycles. The fraction of sp³-hybridized carbons (Fsp3) is 0.391. The van der Waals surface area contributed by atoms with Crippen LogP contribution in [0.15, 0.2) is 42.5 Å². The van der Waals surface area contributed by atoms with Crippen LogP contribution in [0.4, 0.5) is 5.69 Å². The van der Waals surface area contributed by atoms with E-state index in [1.807, 2.05) is 30.3 Å². The number of amides is 2. The van der Waals surface area contributed by atoms with Crippen LogP contribution in [0, 0.1) is 5.92 Å². The number of methoxy groups -OCH3 is 2. The van der Waals surface area contributed by atoms with Crippen LogP contribution >= 0.6 is 11.6 Å². The first-order chi connectivity index (χ1) is 15.0. The van der Waals surface area contributed by atoms with Crippen LogP contribution in [-0.2, 0) is 14.3 Å². The van der Waals surface area contributed by atoms with Crippen LogP contribution in [-0.4, -0.2) is 57.2 Å². The predicted molar refractivity (Wildman–Crippen MR) is 117 cm³/mol. The number of halogens is 1. The zero-order chi connectivity index (χ0) is 22.0. The third-order valence-corrected chi connectivity index (χ3v) is 6.06.